The van der Waals surface area contributed by atoms with Crippen molar-refractivity contribution in [1.29, 1.82) is 0 Å². The molecule has 3 rings (SSSR count). The van der Waals surface area contributed by atoms with Crippen LogP contribution < -0.4 is 5.32 Å². The van der Waals surface area contributed by atoms with E-state index in [1.807, 2.05) is 31.2 Å². The third-order valence-electron chi connectivity index (χ3n) is 5.83. The van der Waals surface area contributed by atoms with Crippen LogP contribution in [-0.4, -0.2) is 28.8 Å². The fourth-order valence-corrected chi connectivity index (χ4v) is 4.35. The fourth-order valence-electron chi connectivity index (χ4n) is 3.88. The van der Waals surface area contributed by atoms with Gasteiger partial charge in [-0.1, -0.05) is 66.4 Å². The van der Waals surface area contributed by atoms with Crippen LogP contribution in [0.3, 0.4) is 0 Å². The van der Waals surface area contributed by atoms with Gasteiger partial charge in [0.05, 0.1) is 6.42 Å². The summed E-state index contributed by atoms with van der Waals surface area (Å²) in [4.78, 5) is 27.9. The highest BCUT2D eigenvalue weighted by molar-refractivity contribution is 6.35. The number of hydrogen-bond acceptors (Lipinski definition) is 2. The quantitative estimate of drug-likeness (QED) is 0.625. The monoisotopic (exact) mass is 446 g/mol. The Balaban J connectivity index is 1.81. The highest BCUT2D eigenvalue weighted by atomic mass is 35.5. The molecule has 0 bridgehead atoms. The average molecular weight is 447 g/mol. The first-order valence-corrected chi connectivity index (χ1v) is 11.2. The van der Waals surface area contributed by atoms with Crippen molar-refractivity contribution in [2.45, 2.75) is 64.6 Å². The molecular weight excluding hydrogens is 419 g/mol. The van der Waals surface area contributed by atoms with E-state index in [0.717, 1.165) is 42.4 Å². The molecule has 1 atom stereocenters. The first kappa shape index (κ1) is 22.6. The van der Waals surface area contributed by atoms with Gasteiger partial charge in [0.15, 0.2) is 0 Å². The summed E-state index contributed by atoms with van der Waals surface area (Å²) >= 11 is 12.4. The molecular formula is C24H28Cl2N2O2. The number of halogens is 2. The lowest BCUT2D eigenvalue weighted by Gasteiger charge is -2.30. The van der Waals surface area contributed by atoms with Gasteiger partial charge in [-0.3, -0.25) is 9.59 Å². The largest absolute Gasteiger partial charge is 0.352 e. The maximum absolute atomic E-state index is 13.3. The Morgan fingerprint density at radius 3 is 2.47 bits per heavy atom. The van der Waals surface area contributed by atoms with Crippen LogP contribution in [0.4, 0.5) is 0 Å². The van der Waals surface area contributed by atoms with Crippen molar-refractivity contribution >= 4 is 35.0 Å². The first-order valence-electron chi connectivity index (χ1n) is 10.4. The van der Waals surface area contributed by atoms with Crippen molar-refractivity contribution in [2.75, 3.05) is 0 Å². The Kier molecular flexibility index (Phi) is 7.79. The zero-order chi connectivity index (χ0) is 21.7. The molecule has 1 N–H and O–H groups in total. The Labute approximate surface area is 188 Å². The van der Waals surface area contributed by atoms with Crippen molar-refractivity contribution in [3.05, 3.63) is 69.2 Å². The van der Waals surface area contributed by atoms with Crippen molar-refractivity contribution in [1.82, 2.24) is 10.2 Å². The van der Waals surface area contributed by atoms with Gasteiger partial charge in [0, 0.05) is 22.6 Å². The Morgan fingerprint density at radius 1 is 1.10 bits per heavy atom. The van der Waals surface area contributed by atoms with Crippen LogP contribution in [0.25, 0.3) is 0 Å². The minimum Gasteiger partial charge on any atom is -0.352 e. The molecule has 2 amide bonds. The normalized spacial score (nSPS) is 15.1. The maximum Gasteiger partial charge on any atom is 0.242 e. The molecule has 1 aliphatic carbocycles. The van der Waals surface area contributed by atoms with Crippen LogP contribution in [0.5, 0.6) is 0 Å². The third-order valence-corrected chi connectivity index (χ3v) is 6.41. The second kappa shape index (κ2) is 10.3. The molecule has 0 aliphatic heterocycles. The van der Waals surface area contributed by atoms with Crippen LogP contribution in [-0.2, 0) is 22.6 Å². The van der Waals surface area contributed by atoms with E-state index >= 15 is 0 Å². The van der Waals surface area contributed by atoms with Gasteiger partial charge in [0.1, 0.15) is 6.04 Å². The minimum atomic E-state index is -0.603. The second-order valence-electron chi connectivity index (χ2n) is 8.03. The van der Waals surface area contributed by atoms with Crippen LogP contribution >= 0.6 is 23.2 Å². The van der Waals surface area contributed by atoms with Gasteiger partial charge >= 0.3 is 0 Å². The minimum absolute atomic E-state index is 0.107. The lowest BCUT2D eigenvalue weighted by Crippen LogP contribution is -2.50. The molecule has 4 nitrogen and oxygen atoms in total. The summed E-state index contributed by atoms with van der Waals surface area (Å²) in [5.41, 5.74) is 2.77. The lowest BCUT2D eigenvalue weighted by atomic mass is 10.0. The van der Waals surface area contributed by atoms with Crippen molar-refractivity contribution in [2.24, 2.45) is 0 Å². The lowest BCUT2D eigenvalue weighted by molar-refractivity contribution is -0.140. The van der Waals surface area contributed by atoms with E-state index < -0.39 is 6.04 Å². The molecule has 0 spiro atoms. The van der Waals surface area contributed by atoms with Gasteiger partial charge in [-0.25, -0.2) is 0 Å². The molecule has 0 heterocycles. The van der Waals surface area contributed by atoms with Gasteiger partial charge < -0.3 is 10.2 Å². The second-order valence-corrected chi connectivity index (χ2v) is 8.87. The van der Waals surface area contributed by atoms with Gasteiger partial charge in [0.2, 0.25) is 11.8 Å². The molecule has 2 aromatic rings. The van der Waals surface area contributed by atoms with Crippen molar-refractivity contribution < 1.29 is 9.59 Å². The average Bonchev–Trinajstić information content (AvgIpc) is 3.21. The zero-order valence-corrected chi connectivity index (χ0v) is 19.0. The highest BCUT2D eigenvalue weighted by Crippen LogP contribution is 2.24. The van der Waals surface area contributed by atoms with Crippen LogP contribution in [0.1, 0.15) is 49.3 Å². The fraction of sp³-hybridized carbons (Fsp3) is 0.417. The summed E-state index contributed by atoms with van der Waals surface area (Å²) in [6, 6.07) is 12.6. The number of nitrogens with zero attached hydrogens (tertiary/aromatic N) is 1. The Bertz CT molecular complexity index is 910. The predicted molar refractivity (Wildman–Crippen MR) is 122 cm³/mol. The van der Waals surface area contributed by atoms with E-state index in [9.17, 15) is 9.59 Å². The van der Waals surface area contributed by atoms with Gasteiger partial charge in [-0.05, 0) is 55.5 Å². The number of amides is 2. The molecule has 1 saturated carbocycles. The predicted octanol–water partition coefficient (Wildman–Crippen LogP) is 5.32. The summed E-state index contributed by atoms with van der Waals surface area (Å²) in [5, 5.41) is 4.13. The van der Waals surface area contributed by atoms with Crippen LogP contribution in [0, 0.1) is 6.92 Å². The smallest absolute Gasteiger partial charge is 0.242 e. The molecule has 30 heavy (non-hydrogen) atoms. The van der Waals surface area contributed by atoms with E-state index in [-0.39, 0.29) is 30.8 Å². The number of benzene rings is 2. The van der Waals surface area contributed by atoms with E-state index in [2.05, 4.69) is 5.32 Å². The van der Waals surface area contributed by atoms with Crippen molar-refractivity contribution in [3.63, 3.8) is 0 Å². The van der Waals surface area contributed by atoms with Crippen LogP contribution in [0.15, 0.2) is 42.5 Å². The van der Waals surface area contributed by atoms with E-state index in [0.29, 0.717) is 10.0 Å². The molecule has 2 aromatic carbocycles. The zero-order valence-electron chi connectivity index (χ0n) is 17.5. The number of rotatable bonds is 7. The maximum atomic E-state index is 13.3. The van der Waals surface area contributed by atoms with Gasteiger partial charge in [-0.15, -0.1) is 0 Å². The molecule has 0 radical (unpaired) electrons. The summed E-state index contributed by atoms with van der Waals surface area (Å²) < 4.78 is 0. The van der Waals surface area contributed by atoms with E-state index in [1.165, 1.54) is 0 Å². The molecule has 0 aromatic heterocycles. The highest BCUT2D eigenvalue weighted by Gasteiger charge is 2.29. The Morgan fingerprint density at radius 2 is 1.80 bits per heavy atom. The molecule has 6 heteroatoms. The van der Waals surface area contributed by atoms with E-state index in [1.54, 1.807) is 30.0 Å². The van der Waals surface area contributed by atoms with Crippen LogP contribution in [0.2, 0.25) is 10.0 Å². The summed E-state index contributed by atoms with van der Waals surface area (Å²) in [5.74, 6) is -0.227. The first-order chi connectivity index (χ1) is 14.3. The summed E-state index contributed by atoms with van der Waals surface area (Å²) in [7, 11) is 0. The van der Waals surface area contributed by atoms with E-state index in [4.69, 9.17) is 23.2 Å². The van der Waals surface area contributed by atoms with Crippen molar-refractivity contribution in [3.8, 4) is 0 Å². The Hall–Kier alpha value is -2.04. The molecule has 1 aliphatic rings. The summed E-state index contributed by atoms with van der Waals surface area (Å²) in [6.45, 7) is 4.02. The third kappa shape index (κ3) is 5.77. The number of carbonyl (C=O) groups is 2. The SMILES string of the molecule is Cc1ccccc1CC(=O)N(Cc1ccc(Cl)cc1Cl)[C@H](C)C(=O)NC1CCCC1. The number of aryl methyl sites for hydroxylation is 1. The summed E-state index contributed by atoms with van der Waals surface area (Å²) in [6.07, 6.45) is 4.50. The number of nitrogens with one attached hydrogen (secondary N) is 1. The molecule has 0 saturated heterocycles. The van der Waals surface area contributed by atoms with Gasteiger partial charge in [0.25, 0.3) is 0 Å². The molecule has 1 fully saturated rings. The van der Waals surface area contributed by atoms with Gasteiger partial charge in [-0.2, -0.15) is 0 Å². The topological polar surface area (TPSA) is 49.4 Å². The standard InChI is InChI=1S/C24H28Cl2N2O2/c1-16-7-3-4-8-18(16)13-23(29)28(15-19-11-12-20(25)14-22(19)26)17(2)24(30)27-21-9-5-6-10-21/h3-4,7-8,11-12,14,17,21H,5-6,9-10,13,15H2,1-2H3,(H,27,30)/t17-/m1/s1. The molecule has 160 valence electrons. The number of carbonyl (C=O) groups excluding carboxylic acids is 2. The molecule has 0 unspecified atom stereocenters. The number of hydrogen-bond donors (Lipinski definition) is 1.